The van der Waals surface area contributed by atoms with Crippen molar-refractivity contribution in [3.05, 3.63) is 46.5 Å². The van der Waals surface area contributed by atoms with E-state index in [0.29, 0.717) is 0 Å². The van der Waals surface area contributed by atoms with Crippen LogP contribution in [-0.2, 0) is 0 Å². The summed E-state index contributed by atoms with van der Waals surface area (Å²) in [4.78, 5) is 23.5. The van der Waals surface area contributed by atoms with Gasteiger partial charge in [-0.3, -0.25) is 0 Å². The second kappa shape index (κ2) is 3.76. The molecule has 3 heterocycles. The van der Waals surface area contributed by atoms with Crippen LogP contribution < -0.4 is 5.56 Å². The van der Waals surface area contributed by atoms with Crippen LogP contribution in [0, 0.1) is 6.92 Å². The van der Waals surface area contributed by atoms with Gasteiger partial charge in [0.15, 0.2) is 0 Å². The number of pyridine rings is 1. The fourth-order valence-electron chi connectivity index (χ4n) is 2.28. The molecule has 0 aliphatic carbocycles. The monoisotopic (exact) mass is 315 g/mol. The van der Waals surface area contributed by atoms with E-state index in [4.69, 9.17) is 4.98 Å². The molecule has 0 saturated carbocycles. The van der Waals surface area contributed by atoms with Gasteiger partial charge in [0.25, 0.3) is 0 Å². The minimum absolute atomic E-state index is 0.0387. The maximum atomic E-state index is 11.8. The Morgan fingerprint density at radius 3 is 3.05 bits per heavy atom. The van der Waals surface area contributed by atoms with E-state index in [1.54, 1.807) is 0 Å². The normalized spacial score (nSPS) is 11.6. The van der Waals surface area contributed by atoms with Crippen LogP contribution in [0.15, 0.2) is 35.4 Å². The summed E-state index contributed by atoms with van der Waals surface area (Å²) in [6, 6.07) is 8.31. The third-order valence-electron chi connectivity index (χ3n) is 3.20. The van der Waals surface area contributed by atoms with Crippen molar-refractivity contribution in [2.24, 2.45) is 0 Å². The molecule has 4 nitrogen and oxygen atoms in total. The van der Waals surface area contributed by atoms with Gasteiger partial charge >= 0.3 is 113 Å². The number of hydrogen-bond acceptors (Lipinski definition) is 3. The van der Waals surface area contributed by atoms with Gasteiger partial charge in [0, 0.05) is 0 Å². The molecule has 5 heteroatoms. The van der Waals surface area contributed by atoms with Gasteiger partial charge in [-0.15, -0.1) is 0 Å². The molecule has 0 aliphatic heterocycles. The average molecular weight is 314 g/mol. The number of aromatic amines is 1. The van der Waals surface area contributed by atoms with Crippen LogP contribution in [0.5, 0.6) is 0 Å². The molecule has 3 aromatic heterocycles. The van der Waals surface area contributed by atoms with Crippen molar-refractivity contribution in [2.75, 3.05) is 0 Å². The van der Waals surface area contributed by atoms with Crippen molar-refractivity contribution >= 4 is 45.0 Å². The van der Waals surface area contributed by atoms with E-state index in [-0.39, 0.29) is 20.1 Å². The van der Waals surface area contributed by atoms with E-state index < -0.39 is 0 Å². The van der Waals surface area contributed by atoms with Crippen LogP contribution in [-0.4, -0.2) is 29.5 Å². The summed E-state index contributed by atoms with van der Waals surface area (Å²) in [5.41, 5.74) is 2.95. The Labute approximate surface area is 113 Å². The van der Waals surface area contributed by atoms with Gasteiger partial charge < -0.3 is 0 Å². The molecule has 0 aliphatic rings. The molecular formula is C14H9N3OSe. The third-order valence-corrected chi connectivity index (χ3v) is 5.48. The molecular weight excluding hydrogens is 305 g/mol. The Balaban J connectivity index is 2.26. The zero-order valence-electron chi connectivity index (χ0n) is 10.1. The summed E-state index contributed by atoms with van der Waals surface area (Å²) in [5.74, 6) is 0. The van der Waals surface area contributed by atoms with Crippen molar-refractivity contribution in [1.29, 1.82) is 0 Å². The Morgan fingerprint density at radius 1 is 1.26 bits per heavy atom. The molecule has 92 valence electrons. The Morgan fingerprint density at radius 2 is 2.16 bits per heavy atom. The zero-order chi connectivity index (χ0) is 13.0. The summed E-state index contributed by atoms with van der Waals surface area (Å²) >= 11 is -0.0511. The van der Waals surface area contributed by atoms with E-state index in [0.717, 1.165) is 30.5 Å². The standard InChI is InChI=1S/C14H9N3OSe/c1-7-2-3-8-5-9-11-12(13(18)16-6-15-11)19-14(9)17-10(8)4-7/h2-6H,1H3,(H,15,16,18). The van der Waals surface area contributed by atoms with Crippen LogP contribution in [0.4, 0.5) is 0 Å². The van der Waals surface area contributed by atoms with Crippen LogP contribution in [0.3, 0.4) is 0 Å². The Hall–Kier alpha value is -1.97. The topological polar surface area (TPSA) is 58.6 Å². The zero-order valence-corrected chi connectivity index (χ0v) is 11.8. The second-order valence-corrected chi connectivity index (χ2v) is 6.64. The molecule has 0 spiro atoms. The van der Waals surface area contributed by atoms with E-state index >= 15 is 0 Å². The number of H-pyrrole nitrogens is 1. The van der Waals surface area contributed by atoms with Gasteiger partial charge in [-0.05, 0) is 0 Å². The van der Waals surface area contributed by atoms with Gasteiger partial charge in [-0.1, -0.05) is 0 Å². The summed E-state index contributed by atoms with van der Waals surface area (Å²) < 4.78 is 1.79. The molecule has 0 saturated heterocycles. The van der Waals surface area contributed by atoms with Crippen LogP contribution in [0.2, 0.25) is 0 Å². The molecule has 1 aromatic carbocycles. The number of benzene rings is 1. The summed E-state index contributed by atoms with van der Waals surface area (Å²) in [5, 5.41) is 2.10. The van der Waals surface area contributed by atoms with Gasteiger partial charge in [-0.2, -0.15) is 0 Å². The van der Waals surface area contributed by atoms with Gasteiger partial charge in [-0.25, -0.2) is 0 Å². The van der Waals surface area contributed by atoms with Crippen molar-refractivity contribution < 1.29 is 0 Å². The van der Waals surface area contributed by atoms with E-state index in [9.17, 15) is 4.79 Å². The van der Waals surface area contributed by atoms with Gasteiger partial charge in [0.1, 0.15) is 0 Å². The minimum atomic E-state index is -0.0511. The fourth-order valence-corrected chi connectivity index (χ4v) is 4.40. The predicted octanol–water partition coefficient (Wildman–Crippen LogP) is 1.99. The van der Waals surface area contributed by atoms with Gasteiger partial charge in [0.2, 0.25) is 0 Å². The number of hydrogen-bond donors (Lipinski definition) is 1. The summed E-state index contributed by atoms with van der Waals surface area (Å²) in [6.07, 6.45) is 1.46. The first kappa shape index (κ1) is 10.9. The first-order valence-electron chi connectivity index (χ1n) is 5.90. The first-order valence-corrected chi connectivity index (χ1v) is 7.61. The second-order valence-electron chi connectivity index (χ2n) is 4.55. The number of rotatable bonds is 0. The Bertz CT molecular complexity index is 1000. The number of fused-ring (bicyclic) bond motifs is 4. The molecule has 1 N–H and O–H groups in total. The quantitative estimate of drug-likeness (QED) is 0.505. The van der Waals surface area contributed by atoms with Crippen molar-refractivity contribution in [2.45, 2.75) is 6.92 Å². The third kappa shape index (κ3) is 1.56. The Kier molecular flexibility index (Phi) is 2.16. The molecule has 0 atom stereocenters. The molecule has 0 unspecified atom stereocenters. The molecule has 0 amide bonds. The number of nitrogens with one attached hydrogen (secondary N) is 1. The summed E-state index contributed by atoms with van der Waals surface area (Å²) in [6.45, 7) is 2.06. The van der Waals surface area contributed by atoms with E-state index in [1.165, 1.54) is 11.9 Å². The first-order chi connectivity index (χ1) is 9.22. The van der Waals surface area contributed by atoms with Crippen LogP contribution in [0.25, 0.3) is 30.5 Å². The number of aryl methyl sites for hydroxylation is 1. The maximum absolute atomic E-state index is 11.8. The molecule has 0 radical (unpaired) electrons. The van der Waals surface area contributed by atoms with E-state index in [1.807, 2.05) is 0 Å². The molecule has 0 bridgehead atoms. The van der Waals surface area contributed by atoms with Gasteiger partial charge in [0.05, 0.1) is 0 Å². The van der Waals surface area contributed by atoms with Crippen LogP contribution in [0.1, 0.15) is 5.56 Å². The number of aromatic nitrogens is 3. The number of nitrogens with zero attached hydrogens (tertiary/aromatic N) is 2. The van der Waals surface area contributed by atoms with Crippen molar-refractivity contribution in [3.63, 3.8) is 0 Å². The fraction of sp³-hybridized carbons (Fsp3) is 0.0714. The molecule has 4 rings (SSSR count). The molecule has 4 aromatic rings. The molecule has 19 heavy (non-hydrogen) atoms. The van der Waals surface area contributed by atoms with Crippen LogP contribution >= 0.6 is 0 Å². The van der Waals surface area contributed by atoms with Crippen molar-refractivity contribution in [3.8, 4) is 0 Å². The van der Waals surface area contributed by atoms with E-state index in [2.05, 4.69) is 41.2 Å². The molecule has 0 fully saturated rings. The summed E-state index contributed by atoms with van der Waals surface area (Å²) in [7, 11) is 0. The average Bonchev–Trinajstić information content (AvgIpc) is 2.75. The predicted molar refractivity (Wildman–Crippen MR) is 76.8 cm³/mol. The SMILES string of the molecule is Cc1ccc2cc3c(nc2c1)[se]c1c(=O)[nH]cnc13. The van der Waals surface area contributed by atoms with Crippen molar-refractivity contribution in [1.82, 2.24) is 15.0 Å².